The van der Waals surface area contributed by atoms with Gasteiger partial charge in [-0.25, -0.2) is 0 Å². The highest BCUT2D eigenvalue weighted by atomic mass is 16.5. The highest BCUT2D eigenvalue weighted by molar-refractivity contribution is 6.09. The van der Waals surface area contributed by atoms with Crippen LogP contribution in [0.5, 0.6) is 11.5 Å². The minimum atomic E-state index is -0.400. The van der Waals surface area contributed by atoms with Crippen molar-refractivity contribution in [2.24, 2.45) is 5.73 Å². The summed E-state index contributed by atoms with van der Waals surface area (Å²) in [6.45, 7) is 1.59. The molecule has 0 radical (unpaired) electrons. The van der Waals surface area contributed by atoms with Crippen LogP contribution in [0.4, 0.5) is 5.69 Å². The molecule has 1 fully saturated rings. The van der Waals surface area contributed by atoms with Crippen LogP contribution in [0.2, 0.25) is 0 Å². The maximum Gasteiger partial charge on any atom is 0.258 e. The summed E-state index contributed by atoms with van der Waals surface area (Å²) in [7, 11) is 3.00. The van der Waals surface area contributed by atoms with E-state index in [2.05, 4.69) is 5.32 Å². The Morgan fingerprint density at radius 1 is 1.11 bits per heavy atom. The van der Waals surface area contributed by atoms with Crippen molar-refractivity contribution in [2.45, 2.75) is 25.8 Å². The Balaban J connectivity index is 1.94. The van der Waals surface area contributed by atoms with Crippen LogP contribution in [0.1, 0.15) is 45.7 Å². The number of amides is 2. The lowest BCUT2D eigenvalue weighted by Gasteiger charge is -2.28. The van der Waals surface area contributed by atoms with Gasteiger partial charge < -0.3 is 29.8 Å². The van der Waals surface area contributed by atoms with Crippen molar-refractivity contribution >= 4 is 17.5 Å². The zero-order chi connectivity index (χ0) is 20.1. The quantitative estimate of drug-likeness (QED) is 0.789. The summed E-state index contributed by atoms with van der Waals surface area (Å²) in [4.78, 5) is 27.5. The second kappa shape index (κ2) is 8.79. The summed E-state index contributed by atoms with van der Waals surface area (Å²) < 4.78 is 15.9. The summed E-state index contributed by atoms with van der Waals surface area (Å²) in [6, 6.07) is 4.77. The fourth-order valence-corrected chi connectivity index (χ4v) is 3.23. The van der Waals surface area contributed by atoms with E-state index in [1.807, 2.05) is 0 Å². The second-order valence-corrected chi connectivity index (χ2v) is 6.57. The molecule has 0 spiro atoms. The van der Waals surface area contributed by atoms with E-state index < -0.39 is 5.91 Å². The molecule has 2 amide bonds. The van der Waals surface area contributed by atoms with Gasteiger partial charge in [-0.05, 0) is 31.4 Å². The number of rotatable bonds is 6. The Morgan fingerprint density at radius 2 is 1.79 bits per heavy atom. The number of nitrogens with two attached hydrogens (primary N) is 1. The second-order valence-electron chi connectivity index (χ2n) is 6.57. The van der Waals surface area contributed by atoms with Gasteiger partial charge in [0, 0.05) is 19.2 Å². The molecule has 3 rings (SSSR count). The molecule has 28 heavy (non-hydrogen) atoms. The monoisotopic (exact) mass is 387 g/mol. The first kappa shape index (κ1) is 19.8. The maximum absolute atomic E-state index is 13.1. The minimum Gasteiger partial charge on any atom is -0.493 e. The van der Waals surface area contributed by atoms with Crippen LogP contribution in [0.25, 0.3) is 0 Å². The van der Waals surface area contributed by atoms with Gasteiger partial charge in [-0.3, -0.25) is 9.59 Å². The lowest BCUT2D eigenvalue weighted by Crippen LogP contribution is -2.36. The first-order valence-corrected chi connectivity index (χ1v) is 9.21. The highest BCUT2D eigenvalue weighted by Crippen LogP contribution is 2.34. The fraction of sp³-hybridized carbons (Fsp3) is 0.400. The van der Waals surface area contributed by atoms with Crippen LogP contribution in [0.3, 0.4) is 0 Å². The largest absolute Gasteiger partial charge is 0.493 e. The molecule has 1 saturated heterocycles. The highest BCUT2D eigenvalue weighted by Gasteiger charge is 2.24. The Bertz CT molecular complexity index is 856. The number of carbonyl (C=O) groups is 2. The topological polar surface area (TPSA) is 107 Å². The van der Waals surface area contributed by atoms with Crippen LogP contribution < -0.4 is 20.5 Å². The summed E-state index contributed by atoms with van der Waals surface area (Å²) in [6.07, 6.45) is 4.39. The zero-order valence-electron chi connectivity index (χ0n) is 16.1. The number of hydrogen-bond donors (Lipinski definition) is 2. The molecular formula is C20H25N3O5. The van der Waals surface area contributed by atoms with E-state index in [1.165, 1.54) is 20.5 Å². The molecule has 0 unspecified atom stereocenters. The average Bonchev–Trinajstić information content (AvgIpc) is 3.23. The van der Waals surface area contributed by atoms with Crippen molar-refractivity contribution in [3.63, 3.8) is 0 Å². The van der Waals surface area contributed by atoms with Gasteiger partial charge in [-0.2, -0.15) is 0 Å². The predicted octanol–water partition coefficient (Wildman–Crippen LogP) is 2.63. The van der Waals surface area contributed by atoms with Crippen molar-refractivity contribution in [1.82, 2.24) is 4.90 Å². The molecule has 1 aromatic heterocycles. The number of furan rings is 1. The first-order valence-electron chi connectivity index (χ1n) is 9.21. The van der Waals surface area contributed by atoms with E-state index in [-0.39, 0.29) is 12.5 Å². The van der Waals surface area contributed by atoms with E-state index in [4.69, 9.17) is 19.6 Å². The van der Waals surface area contributed by atoms with Crippen molar-refractivity contribution in [2.75, 3.05) is 32.6 Å². The molecule has 1 aliphatic rings. The van der Waals surface area contributed by atoms with Gasteiger partial charge in [0.2, 0.25) is 0 Å². The van der Waals surface area contributed by atoms with Gasteiger partial charge in [0.15, 0.2) is 11.5 Å². The van der Waals surface area contributed by atoms with E-state index >= 15 is 0 Å². The number of anilines is 1. The van der Waals surface area contributed by atoms with Crippen LogP contribution in [0, 0.1) is 0 Å². The molecule has 0 bridgehead atoms. The van der Waals surface area contributed by atoms with Crippen LogP contribution in [-0.4, -0.2) is 44.0 Å². The van der Waals surface area contributed by atoms with Crippen molar-refractivity contribution in [3.8, 4) is 11.5 Å². The van der Waals surface area contributed by atoms with Crippen LogP contribution >= 0.6 is 0 Å². The van der Waals surface area contributed by atoms with E-state index in [9.17, 15) is 9.59 Å². The van der Waals surface area contributed by atoms with E-state index in [1.54, 1.807) is 23.1 Å². The summed E-state index contributed by atoms with van der Waals surface area (Å²) in [5.41, 5.74) is 6.56. The summed E-state index contributed by atoms with van der Waals surface area (Å²) in [5.74, 6) is 0.800. The van der Waals surface area contributed by atoms with Crippen LogP contribution in [-0.2, 0) is 6.54 Å². The van der Waals surface area contributed by atoms with Crippen molar-refractivity contribution < 1.29 is 23.5 Å². The third-order valence-electron chi connectivity index (χ3n) is 4.76. The summed E-state index contributed by atoms with van der Waals surface area (Å²) in [5, 5.41) is 2.79. The molecule has 3 N–H and O–H groups in total. The zero-order valence-corrected chi connectivity index (χ0v) is 16.1. The molecule has 1 aliphatic heterocycles. The molecule has 8 heteroatoms. The van der Waals surface area contributed by atoms with Gasteiger partial charge in [0.05, 0.1) is 37.6 Å². The molecule has 150 valence electrons. The average molecular weight is 387 g/mol. The number of nitrogens with one attached hydrogen (secondary N) is 1. The minimum absolute atomic E-state index is 0.147. The number of nitrogens with zero attached hydrogens (tertiary/aromatic N) is 1. The fourth-order valence-electron chi connectivity index (χ4n) is 3.23. The van der Waals surface area contributed by atoms with Crippen molar-refractivity contribution in [1.29, 1.82) is 0 Å². The van der Waals surface area contributed by atoms with Gasteiger partial charge in [-0.1, -0.05) is 0 Å². The standard InChI is InChI=1S/C20H25N3O5/c1-26-17-9-15(20(25)23-6-4-3-5-7-23)16(10-18(17)27-2)22-19(24)13-8-14(11-21)28-12-13/h8-10,12H,3-7,11,21H2,1-2H3,(H,22,24). The molecule has 2 aromatic rings. The number of methoxy groups -OCH3 is 2. The third kappa shape index (κ3) is 4.12. The molecule has 0 aliphatic carbocycles. The van der Waals surface area contributed by atoms with Gasteiger partial charge in [-0.15, -0.1) is 0 Å². The van der Waals surface area contributed by atoms with Gasteiger partial charge in [0.1, 0.15) is 12.0 Å². The lowest BCUT2D eigenvalue weighted by molar-refractivity contribution is 0.0725. The number of piperidine rings is 1. The molecule has 1 aromatic carbocycles. The maximum atomic E-state index is 13.1. The van der Waals surface area contributed by atoms with Gasteiger partial charge >= 0.3 is 0 Å². The Kier molecular flexibility index (Phi) is 6.20. The Labute approximate surface area is 163 Å². The SMILES string of the molecule is COc1cc(NC(=O)c2coc(CN)c2)c(C(=O)N2CCCCC2)cc1OC. The molecule has 0 saturated carbocycles. The number of carbonyl (C=O) groups excluding carboxylic acids is 2. The van der Waals surface area contributed by atoms with Crippen LogP contribution in [0.15, 0.2) is 28.9 Å². The Hall–Kier alpha value is -3.00. The molecule has 2 heterocycles. The number of benzene rings is 1. The molecular weight excluding hydrogens is 362 g/mol. The number of hydrogen-bond acceptors (Lipinski definition) is 6. The van der Waals surface area contributed by atoms with Crippen molar-refractivity contribution in [3.05, 3.63) is 41.3 Å². The van der Waals surface area contributed by atoms with E-state index in [0.717, 1.165) is 19.3 Å². The summed E-state index contributed by atoms with van der Waals surface area (Å²) >= 11 is 0. The number of ether oxygens (including phenoxy) is 2. The normalized spacial score (nSPS) is 13.9. The van der Waals surface area contributed by atoms with Gasteiger partial charge in [0.25, 0.3) is 11.8 Å². The smallest absolute Gasteiger partial charge is 0.258 e. The third-order valence-corrected chi connectivity index (χ3v) is 4.76. The molecule has 0 atom stereocenters. The van der Waals surface area contributed by atoms with E-state index in [0.29, 0.717) is 47.2 Å². The molecule has 8 nitrogen and oxygen atoms in total. The Morgan fingerprint density at radius 3 is 2.39 bits per heavy atom. The number of likely N-dealkylation sites (tertiary alicyclic amines) is 1. The first-order chi connectivity index (χ1) is 13.6. The lowest BCUT2D eigenvalue weighted by atomic mass is 10.1. The predicted molar refractivity (Wildman–Crippen MR) is 104 cm³/mol.